The van der Waals surface area contributed by atoms with Crippen molar-refractivity contribution in [3.8, 4) is 0 Å². The van der Waals surface area contributed by atoms with Crippen LogP contribution >= 0.6 is 0 Å². The minimum Gasteiger partial charge on any atom is -0.378 e. The fourth-order valence-electron chi connectivity index (χ4n) is 1.46. The Morgan fingerprint density at radius 2 is 1.67 bits per heavy atom. The largest absolute Gasteiger partial charge is 0.378 e. The zero-order valence-corrected chi connectivity index (χ0v) is 7.46. The summed E-state index contributed by atoms with van der Waals surface area (Å²) in [6, 6.07) is 0.891. The lowest BCUT2D eigenvalue weighted by Crippen LogP contribution is -2.48. The molecule has 0 radical (unpaired) electrons. The van der Waals surface area contributed by atoms with E-state index in [4.69, 9.17) is 4.74 Å². The van der Waals surface area contributed by atoms with Gasteiger partial charge in [0.05, 0.1) is 13.2 Å². The van der Waals surface area contributed by atoms with Crippen molar-refractivity contribution in [2.75, 3.05) is 13.2 Å². The van der Waals surface area contributed by atoms with Gasteiger partial charge in [-0.25, -0.2) is 0 Å². The lowest BCUT2D eigenvalue weighted by Gasteiger charge is -2.29. The standard InChI is InChI=1S/C10H17NO/c1-3-5-9-7-12-8-10(11-9)6-4-2/h3-4,9-11H,1-2,5-8H2. The van der Waals surface area contributed by atoms with Crippen LogP contribution in [0.4, 0.5) is 0 Å². The summed E-state index contributed by atoms with van der Waals surface area (Å²) in [5, 5.41) is 3.49. The maximum absolute atomic E-state index is 5.44. The number of rotatable bonds is 4. The van der Waals surface area contributed by atoms with E-state index < -0.39 is 0 Å². The molecule has 1 saturated heterocycles. The number of hydrogen-bond donors (Lipinski definition) is 1. The van der Waals surface area contributed by atoms with Gasteiger partial charge in [0.15, 0.2) is 0 Å². The van der Waals surface area contributed by atoms with E-state index in [2.05, 4.69) is 18.5 Å². The molecule has 1 aliphatic heterocycles. The third kappa shape index (κ3) is 2.80. The number of ether oxygens (including phenoxy) is 1. The second-order valence-electron chi connectivity index (χ2n) is 3.15. The molecule has 0 aromatic heterocycles. The molecule has 0 aromatic carbocycles. The van der Waals surface area contributed by atoms with Crippen molar-refractivity contribution in [2.45, 2.75) is 24.9 Å². The summed E-state index contributed by atoms with van der Waals surface area (Å²) in [4.78, 5) is 0. The Balaban J connectivity index is 2.29. The van der Waals surface area contributed by atoms with Crippen LogP contribution < -0.4 is 5.32 Å². The van der Waals surface area contributed by atoms with Gasteiger partial charge in [-0.15, -0.1) is 13.2 Å². The monoisotopic (exact) mass is 167 g/mol. The highest BCUT2D eigenvalue weighted by atomic mass is 16.5. The molecule has 1 aliphatic rings. The topological polar surface area (TPSA) is 21.3 Å². The van der Waals surface area contributed by atoms with Gasteiger partial charge in [-0.2, -0.15) is 0 Å². The molecule has 1 rings (SSSR count). The van der Waals surface area contributed by atoms with Gasteiger partial charge >= 0.3 is 0 Å². The highest BCUT2D eigenvalue weighted by molar-refractivity contribution is 4.87. The number of hydrogen-bond acceptors (Lipinski definition) is 2. The van der Waals surface area contributed by atoms with Gasteiger partial charge in [0.25, 0.3) is 0 Å². The smallest absolute Gasteiger partial charge is 0.0623 e. The van der Waals surface area contributed by atoms with Crippen molar-refractivity contribution < 1.29 is 4.74 Å². The van der Waals surface area contributed by atoms with Crippen molar-refractivity contribution in [3.63, 3.8) is 0 Å². The molecule has 0 bridgehead atoms. The second-order valence-corrected chi connectivity index (χ2v) is 3.15. The number of morpholine rings is 1. The molecular weight excluding hydrogens is 150 g/mol. The average molecular weight is 167 g/mol. The predicted octanol–water partition coefficient (Wildman–Crippen LogP) is 1.50. The lowest BCUT2D eigenvalue weighted by atomic mass is 10.1. The summed E-state index contributed by atoms with van der Waals surface area (Å²) in [5.74, 6) is 0. The maximum Gasteiger partial charge on any atom is 0.0623 e. The van der Waals surface area contributed by atoms with E-state index in [1.54, 1.807) is 0 Å². The quantitative estimate of drug-likeness (QED) is 0.641. The van der Waals surface area contributed by atoms with Crippen molar-refractivity contribution in [3.05, 3.63) is 25.3 Å². The van der Waals surface area contributed by atoms with Crippen LogP contribution in [0.25, 0.3) is 0 Å². The molecule has 1 fully saturated rings. The lowest BCUT2D eigenvalue weighted by molar-refractivity contribution is 0.0472. The molecule has 2 nitrogen and oxygen atoms in total. The summed E-state index contributed by atoms with van der Waals surface area (Å²) in [7, 11) is 0. The van der Waals surface area contributed by atoms with Crippen LogP contribution in [-0.2, 0) is 4.74 Å². The maximum atomic E-state index is 5.44. The molecule has 0 aliphatic carbocycles. The van der Waals surface area contributed by atoms with E-state index in [-0.39, 0.29) is 0 Å². The fourth-order valence-corrected chi connectivity index (χ4v) is 1.46. The molecule has 1 heterocycles. The van der Waals surface area contributed by atoms with Crippen LogP contribution in [0.1, 0.15) is 12.8 Å². The average Bonchev–Trinajstić information content (AvgIpc) is 2.06. The van der Waals surface area contributed by atoms with Crippen molar-refractivity contribution in [2.24, 2.45) is 0 Å². The van der Waals surface area contributed by atoms with Gasteiger partial charge in [-0.3, -0.25) is 0 Å². The minimum absolute atomic E-state index is 0.446. The number of nitrogens with one attached hydrogen (secondary N) is 1. The minimum atomic E-state index is 0.446. The van der Waals surface area contributed by atoms with Crippen LogP contribution in [0.2, 0.25) is 0 Å². The van der Waals surface area contributed by atoms with Gasteiger partial charge in [-0.05, 0) is 12.8 Å². The van der Waals surface area contributed by atoms with Gasteiger partial charge < -0.3 is 10.1 Å². The molecule has 2 unspecified atom stereocenters. The summed E-state index contributed by atoms with van der Waals surface area (Å²) >= 11 is 0. The van der Waals surface area contributed by atoms with E-state index in [0.29, 0.717) is 12.1 Å². The zero-order chi connectivity index (χ0) is 8.81. The predicted molar refractivity (Wildman–Crippen MR) is 51.2 cm³/mol. The fraction of sp³-hybridized carbons (Fsp3) is 0.600. The van der Waals surface area contributed by atoms with Crippen molar-refractivity contribution >= 4 is 0 Å². The summed E-state index contributed by atoms with van der Waals surface area (Å²) in [5.41, 5.74) is 0. The Bertz CT molecular complexity index is 140. The summed E-state index contributed by atoms with van der Waals surface area (Å²) in [6.45, 7) is 9.03. The third-order valence-electron chi connectivity index (χ3n) is 2.01. The third-order valence-corrected chi connectivity index (χ3v) is 2.01. The first kappa shape index (κ1) is 9.49. The van der Waals surface area contributed by atoms with E-state index in [0.717, 1.165) is 26.1 Å². The first-order chi connectivity index (χ1) is 5.86. The molecule has 2 heteroatoms. The van der Waals surface area contributed by atoms with E-state index in [9.17, 15) is 0 Å². The van der Waals surface area contributed by atoms with Crippen LogP contribution in [0.15, 0.2) is 25.3 Å². The highest BCUT2D eigenvalue weighted by Gasteiger charge is 2.18. The molecule has 0 saturated carbocycles. The van der Waals surface area contributed by atoms with Crippen LogP contribution in [0.5, 0.6) is 0 Å². The van der Waals surface area contributed by atoms with Gasteiger partial charge in [0, 0.05) is 12.1 Å². The van der Waals surface area contributed by atoms with E-state index >= 15 is 0 Å². The summed E-state index contributed by atoms with van der Waals surface area (Å²) < 4.78 is 5.44. The van der Waals surface area contributed by atoms with Crippen molar-refractivity contribution in [1.82, 2.24) is 5.32 Å². The second kappa shape index (κ2) is 5.12. The SMILES string of the molecule is C=CCC1COCC(CC=C)N1. The molecular formula is C10H17NO. The Kier molecular flexibility index (Phi) is 4.05. The molecule has 2 atom stereocenters. The van der Waals surface area contributed by atoms with Gasteiger partial charge in [0.1, 0.15) is 0 Å². The molecule has 0 amide bonds. The van der Waals surface area contributed by atoms with E-state index in [1.165, 1.54) is 0 Å². The molecule has 12 heavy (non-hydrogen) atoms. The first-order valence-corrected chi connectivity index (χ1v) is 4.42. The molecule has 68 valence electrons. The first-order valence-electron chi connectivity index (χ1n) is 4.42. The Hall–Kier alpha value is -0.600. The molecule has 0 aromatic rings. The van der Waals surface area contributed by atoms with Crippen LogP contribution in [0.3, 0.4) is 0 Å². The normalized spacial score (nSPS) is 29.7. The Labute approximate surface area is 74.3 Å². The Morgan fingerprint density at radius 1 is 1.17 bits per heavy atom. The highest BCUT2D eigenvalue weighted by Crippen LogP contribution is 2.06. The van der Waals surface area contributed by atoms with Gasteiger partial charge in [-0.1, -0.05) is 12.2 Å². The van der Waals surface area contributed by atoms with E-state index in [1.807, 2.05) is 12.2 Å². The van der Waals surface area contributed by atoms with Crippen LogP contribution in [0, 0.1) is 0 Å². The summed E-state index contributed by atoms with van der Waals surface area (Å²) in [6.07, 6.45) is 5.82. The van der Waals surface area contributed by atoms with Crippen molar-refractivity contribution in [1.29, 1.82) is 0 Å². The molecule has 1 N–H and O–H groups in total. The molecule has 0 spiro atoms. The Morgan fingerprint density at radius 3 is 2.08 bits per heavy atom. The van der Waals surface area contributed by atoms with Gasteiger partial charge in [0.2, 0.25) is 0 Å². The van der Waals surface area contributed by atoms with Crippen LogP contribution in [-0.4, -0.2) is 25.3 Å². The zero-order valence-electron chi connectivity index (χ0n) is 7.46.